The second-order valence-corrected chi connectivity index (χ2v) is 6.15. The van der Waals surface area contributed by atoms with Crippen molar-refractivity contribution in [2.45, 2.75) is 32.8 Å². The van der Waals surface area contributed by atoms with Crippen LogP contribution in [0.3, 0.4) is 0 Å². The second kappa shape index (κ2) is 6.86. The fraction of sp³-hybridized carbons (Fsp3) is 0.389. The van der Waals surface area contributed by atoms with Crippen LogP contribution in [0.5, 0.6) is 5.75 Å². The summed E-state index contributed by atoms with van der Waals surface area (Å²) in [4.78, 5) is 22.2. The lowest BCUT2D eigenvalue weighted by Gasteiger charge is -2.32. The van der Waals surface area contributed by atoms with Crippen molar-refractivity contribution in [1.29, 1.82) is 0 Å². The first-order chi connectivity index (χ1) is 11.5. The zero-order chi connectivity index (χ0) is 17.1. The number of hydrogen-bond donors (Lipinski definition) is 1. The van der Waals surface area contributed by atoms with Crippen LogP contribution in [0.15, 0.2) is 30.6 Å². The maximum atomic E-state index is 12.5. The van der Waals surface area contributed by atoms with Gasteiger partial charge in [-0.05, 0) is 37.1 Å². The maximum absolute atomic E-state index is 12.5. The fourth-order valence-electron chi connectivity index (χ4n) is 2.82. The highest BCUT2D eigenvalue weighted by Crippen LogP contribution is 2.22. The van der Waals surface area contributed by atoms with Crippen molar-refractivity contribution in [2.24, 2.45) is 0 Å². The van der Waals surface area contributed by atoms with Crippen LogP contribution in [0.4, 0.5) is 5.82 Å². The van der Waals surface area contributed by atoms with Crippen LogP contribution in [0.25, 0.3) is 0 Å². The molecule has 2 N–H and O–H groups in total. The number of hydrogen-bond acceptors (Lipinski definition) is 5. The zero-order valence-corrected chi connectivity index (χ0v) is 14.0. The third-order valence-corrected chi connectivity index (χ3v) is 4.44. The normalized spacial score (nSPS) is 15.3. The van der Waals surface area contributed by atoms with Gasteiger partial charge in [0.1, 0.15) is 11.9 Å². The molecular weight excluding hydrogens is 304 g/mol. The first kappa shape index (κ1) is 16.2. The first-order valence-corrected chi connectivity index (χ1v) is 8.14. The SMILES string of the molecule is Cc1ccc(OC2CCN(C(=O)c3nccnc3N)CC2)cc1C. The van der Waals surface area contributed by atoms with E-state index < -0.39 is 0 Å². The molecule has 0 spiro atoms. The minimum absolute atomic E-state index is 0.121. The minimum Gasteiger partial charge on any atom is -0.490 e. The van der Waals surface area contributed by atoms with Gasteiger partial charge in [0.25, 0.3) is 5.91 Å². The Kier molecular flexibility index (Phi) is 4.64. The molecule has 2 heterocycles. The van der Waals surface area contributed by atoms with Crippen molar-refractivity contribution in [3.05, 3.63) is 47.4 Å². The van der Waals surface area contributed by atoms with Crippen LogP contribution in [0, 0.1) is 13.8 Å². The highest BCUT2D eigenvalue weighted by molar-refractivity contribution is 5.96. The molecule has 1 saturated heterocycles. The molecule has 6 nitrogen and oxygen atoms in total. The predicted octanol–water partition coefficient (Wildman–Crippen LogP) is 2.36. The molecule has 1 fully saturated rings. The number of nitrogens with zero attached hydrogens (tertiary/aromatic N) is 3. The maximum Gasteiger partial charge on any atom is 0.276 e. The van der Waals surface area contributed by atoms with Crippen LogP contribution in [-0.4, -0.2) is 40.0 Å². The lowest BCUT2D eigenvalue weighted by atomic mass is 10.1. The molecule has 24 heavy (non-hydrogen) atoms. The number of carbonyl (C=O) groups is 1. The van der Waals surface area contributed by atoms with Gasteiger partial charge in [0.05, 0.1) is 0 Å². The van der Waals surface area contributed by atoms with Crippen LogP contribution in [0.2, 0.25) is 0 Å². The van der Waals surface area contributed by atoms with Gasteiger partial charge in [0.15, 0.2) is 11.5 Å². The van der Waals surface area contributed by atoms with E-state index in [9.17, 15) is 4.79 Å². The van der Waals surface area contributed by atoms with Gasteiger partial charge in [-0.1, -0.05) is 6.07 Å². The van der Waals surface area contributed by atoms with Gasteiger partial charge < -0.3 is 15.4 Å². The summed E-state index contributed by atoms with van der Waals surface area (Å²) in [6.07, 6.45) is 4.67. The van der Waals surface area contributed by atoms with Gasteiger partial charge in [-0.25, -0.2) is 9.97 Å². The Morgan fingerprint density at radius 2 is 1.88 bits per heavy atom. The predicted molar refractivity (Wildman–Crippen MR) is 91.9 cm³/mol. The molecule has 126 valence electrons. The summed E-state index contributed by atoms with van der Waals surface area (Å²) in [5.74, 6) is 0.905. The van der Waals surface area contributed by atoms with Crippen molar-refractivity contribution in [1.82, 2.24) is 14.9 Å². The number of nitrogen functional groups attached to an aromatic ring is 1. The van der Waals surface area contributed by atoms with Crippen molar-refractivity contribution in [2.75, 3.05) is 18.8 Å². The van der Waals surface area contributed by atoms with E-state index in [0.29, 0.717) is 13.1 Å². The molecule has 1 aliphatic rings. The van der Waals surface area contributed by atoms with Gasteiger partial charge in [0.2, 0.25) is 0 Å². The van der Waals surface area contributed by atoms with Gasteiger partial charge in [0, 0.05) is 38.3 Å². The summed E-state index contributed by atoms with van der Waals surface area (Å²) < 4.78 is 6.06. The van der Waals surface area contributed by atoms with Crippen LogP contribution in [0.1, 0.15) is 34.5 Å². The van der Waals surface area contributed by atoms with E-state index in [1.807, 2.05) is 6.07 Å². The monoisotopic (exact) mass is 326 g/mol. The van der Waals surface area contributed by atoms with E-state index in [4.69, 9.17) is 10.5 Å². The lowest BCUT2D eigenvalue weighted by Crippen LogP contribution is -2.42. The van der Waals surface area contributed by atoms with E-state index in [1.54, 1.807) is 4.90 Å². The number of piperidine rings is 1. The molecule has 0 atom stereocenters. The summed E-state index contributed by atoms with van der Waals surface area (Å²) in [7, 11) is 0. The highest BCUT2D eigenvalue weighted by atomic mass is 16.5. The van der Waals surface area contributed by atoms with Crippen molar-refractivity contribution in [3.63, 3.8) is 0 Å². The molecular formula is C18H22N4O2. The van der Waals surface area contributed by atoms with Crippen molar-refractivity contribution in [3.8, 4) is 5.75 Å². The minimum atomic E-state index is -0.162. The molecule has 0 bridgehead atoms. The highest BCUT2D eigenvalue weighted by Gasteiger charge is 2.26. The van der Waals surface area contributed by atoms with Gasteiger partial charge in [-0.3, -0.25) is 4.79 Å². The number of nitrogens with two attached hydrogens (primary N) is 1. The first-order valence-electron chi connectivity index (χ1n) is 8.14. The molecule has 2 aromatic rings. The molecule has 0 aliphatic carbocycles. The van der Waals surface area contributed by atoms with Crippen molar-refractivity contribution < 1.29 is 9.53 Å². The van der Waals surface area contributed by atoms with Gasteiger partial charge >= 0.3 is 0 Å². The Hall–Kier alpha value is -2.63. The number of aryl methyl sites for hydroxylation is 2. The quantitative estimate of drug-likeness (QED) is 0.936. The van der Waals surface area contributed by atoms with Crippen molar-refractivity contribution >= 4 is 11.7 Å². The van der Waals surface area contributed by atoms with Gasteiger partial charge in [-0.2, -0.15) is 0 Å². The van der Waals surface area contributed by atoms with Crippen LogP contribution in [-0.2, 0) is 0 Å². The molecule has 1 aliphatic heterocycles. The summed E-state index contributed by atoms with van der Waals surface area (Å²) in [5.41, 5.74) is 8.44. The van der Waals surface area contributed by atoms with E-state index >= 15 is 0 Å². The summed E-state index contributed by atoms with van der Waals surface area (Å²) >= 11 is 0. The zero-order valence-electron chi connectivity index (χ0n) is 14.0. The number of amides is 1. The number of aromatic nitrogens is 2. The molecule has 6 heteroatoms. The van der Waals surface area contributed by atoms with Gasteiger partial charge in [-0.15, -0.1) is 0 Å². The topological polar surface area (TPSA) is 81.3 Å². The number of likely N-dealkylation sites (tertiary alicyclic amines) is 1. The van der Waals surface area contributed by atoms with E-state index in [1.165, 1.54) is 23.5 Å². The van der Waals surface area contributed by atoms with E-state index in [-0.39, 0.29) is 23.5 Å². The number of carbonyl (C=O) groups excluding carboxylic acids is 1. The Bertz CT molecular complexity index is 740. The average molecular weight is 326 g/mol. The Labute approximate surface area is 141 Å². The Morgan fingerprint density at radius 3 is 2.54 bits per heavy atom. The number of rotatable bonds is 3. The summed E-state index contributed by atoms with van der Waals surface area (Å²) in [6.45, 7) is 5.42. The van der Waals surface area contributed by atoms with E-state index in [2.05, 4.69) is 35.9 Å². The Morgan fingerprint density at radius 1 is 1.17 bits per heavy atom. The fourth-order valence-corrected chi connectivity index (χ4v) is 2.82. The van der Waals surface area contributed by atoms with Crippen LogP contribution < -0.4 is 10.5 Å². The molecule has 1 aromatic heterocycles. The molecule has 3 rings (SSSR count). The summed E-state index contributed by atoms with van der Waals surface area (Å²) in [5, 5.41) is 0. The Balaban J connectivity index is 1.58. The average Bonchev–Trinajstić information content (AvgIpc) is 2.59. The number of ether oxygens (including phenoxy) is 1. The molecule has 1 aromatic carbocycles. The number of benzene rings is 1. The molecule has 0 saturated carbocycles. The van der Waals surface area contributed by atoms with Crippen LogP contribution >= 0.6 is 0 Å². The molecule has 1 amide bonds. The largest absolute Gasteiger partial charge is 0.490 e. The van der Waals surface area contributed by atoms with E-state index in [0.717, 1.165) is 18.6 Å². The third-order valence-electron chi connectivity index (χ3n) is 4.44. The lowest BCUT2D eigenvalue weighted by molar-refractivity contribution is 0.0591. The third kappa shape index (κ3) is 3.48. The second-order valence-electron chi connectivity index (χ2n) is 6.15. The molecule has 0 unspecified atom stereocenters. The molecule has 0 radical (unpaired) electrons. The standard InChI is InChI=1S/C18H22N4O2/c1-12-3-4-15(11-13(12)2)24-14-5-9-22(10-6-14)18(23)16-17(19)21-8-7-20-16/h3-4,7-8,11,14H,5-6,9-10H2,1-2H3,(H2,19,21). The summed E-state index contributed by atoms with van der Waals surface area (Å²) in [6, 6.07) is 6.13. The smallest absolute Gasteiger partial charge is 0.276 e. The number of anilines is 1.